The van der Waals surface area contributed by atoms with Gasteiger partial charge in [-0.1, -0.05) is 80.3 Å². The molecule has 2 amide bonds. The Balaban J connectivity index is 1.68. The predicted molar refractivity (Wildman–Crippen MR) is 153 cm³/mol. The van der Waals surface area contributed by atoms with Crippen LogP contribution in [0, 0.1) is 0 Å². The maximum atomic E-state index is 12.4. The normalized spacial score (nSPS) is 10.8. The van der Waals surface area contributed by atoms with E-state index in [1.165, 1.54) is 51.8 Å². The van der Waals surface area contributed by atoms with E-state index in [1.54, 1.807) is 36.4 Å². The minimum atomic E-state index is -0.516. The standard InChI is InChI=1S/C29H38BrN3O5/c1-3-4-5-6-7-8-9-10-11-15-27(34)31-21-28(35)33-32-20-22-16-17-25(26(18-22)37-2)38-29(36)23-13-12-14-24(30)19-23/h12-14,16-20H,3-11,15,21H2,1-2H3,(H,31,34)(H,33,35)/b32-20+. The minimum absolute atomic E-state index is 0.134. The molecule has 9 heteroatoms. The summed E-state index contributed by atoms with van der Waals surface area (Å²) in [5.74, 6) is -0.475. The molecule has 38 heavy (non-hydrogen) atoms. The fourth-order valence-corrected chi connectivity index (χ4v) is 4.10. The first-order valence-corrected chi connectivity index (χ1v) is 14.0. The van der Waals surface area contributed by atoms with Gasteiger partial charge in [0.25, 0.3) is 5.91 Å². The molecule has 2 aromatic rings. The van der Waals surface area contributed by atoms with Crippen LogP contribution in [0.2, 0.25) is 0 Å². The third-order valence-electron chi connectivity index (χ3n) is 5.81. The molecular weight excluding hydrogens is 550 g/mol. The van der Waals surface area contributed by atoms with Gasteiger partial charge in [-0.3, -0.25) is 9.59 Å². The van der Waals surface area contributed by atoms with E-state index in [0.29, 0.717) is 23.3 Å². The number of ether oxygens (including phenoxy) is 2. The number of halogens is 1. The van der Waals surface area contributed by atoms with Crippen LogP contribution in [0.5, 0.6) is 11.5 Å². The van der Waals surface area contributed by atoms with Crippen LogP contribution in [0.15, 0.2) is 52.0 Å². The summed E-state index contributed by atoms with van der Waals surface area (Å²) in [6.45, 7) is 2.08. The molecule has 0 heterocycles. The van der Waals surface area contributed by atoms with E-state index in [-0.39, 0.29) is 18.2 Å². The topological polar surface area (TPSA) is 106 Å². The quantitative estimate of drug-likeness (QED) is 0.0757. The van der Waals surface area contributed by atoms with Crippen LogP contribution in [0.3, 0.4) is 0 Å². The zero-order chi connectivity index (χ0) is 27.6. The molecule has 0 aliphatic heterocycles. The Hall–Kier alpha value is -3.20. The Morgan fingerprint density at radius 1 is 0.895 bits per heavy atom. The van der Waals surface area contributed by atoms with Gasteiger partial charge in [-0.05, 0) is 48.4 Å². The van der Waals surface area contributed by atoms with Gasteiger partial charge in [0.15, 0.2) is 11.5 Å². The number of esters is 1. The van der Waals surface area contributed by atoms with Gasteiger partial charge in [0, 0.05) is 10.9 Å². The summed E-state index contributed by atoms with van der Waals surface area (Å²) in [7, 11) is 1.46. The number of hydrogen-bond acceptors (Lipinski definition) is 6. The van der Waals surface area contributed by atoms with E-state index in [2.05, 4.69) is 38.7 Å². The molecule has 2 aromatic carbocycles. The Morgan fingerprint density at radius 2 is 1.61 bits per heavy atom. The molecule has 0 bridgehead atoms. The number of unbranched alkanes of at least 4 members (excludes halogenated alkanes) is 8. The molecule has 206 valence electrons. The number of carbonyl (C=O) groups excluding carboxylic acids is 3. The average Bonchev–Trinajstić information content (AvgIpc) is 2.91. The fraction of sp³-hybridized carbons (Fsp3) is 0.448. The number of rotatable bonds is 17. The Kier molecular flexibility index (Phi) is 14.8. The maximum Gasteiger partial charge on any atom is 0.343 e. The fourth-order valence-electron chi connectivity index (χ4n) is 3.70. The molecule has 0 radical (unpaired) electrons. The van der Waals surface area contributed by atoms with Crippen molar-refractivity contribution < 1.29 is 23.9 Å². The van der Waals surface area contributed by atoms with Crippen molar-refractivity contribution >= 4 is 39.9 Å². The molecule has 0 aliphatic rings. The van der Waals surface area contributed by atoms with Crippen molar-refractivity contribution in [3.8, 4) is 11.5 Å². The van der Waals surface area contributed by atoms with Crippen molar-refractivity contribution in [2.45, 2.75) is 71.1 Å². The second-order valence-corrected chi connectivity index (χ2v) is 9.87. The van der Waals surface area contributed by atoms with E-state index < -0.39 is 11.9 Å². The van der Waals surface area contributed by atoms with Crippen LogP contribution >= 0.6 is 15.9 Å². The van der Waals surface area contributed by atoms with E-state index in [0.717, 1.165) is 23.7 Å². The third kappa shape index (κ3) is 12.4. The molecule has 0 unspecified atom stereocenters. The highest BCUT2D eigenvalue weighted by atomic mass is 79.9. The van der Waals surface area contributed by atoms with Crippen LogP contribution in [0.4, 0.5) is 0 Å². The lowest BCUT2D eigenvalue weighted by atomic mass is 10.1. The first-order chi connectivity index (χ1) is 18.4. The Bertz CT molecular complexity index is 1070. The highest BCUT2D eigenvalue weighted by molar-refractivity contribution is 9.10. The second kappa shape index (κ2) is 18.1. The first-order valence-electron chi connectivity index (χ1n) is 13.2. The molecule has 2 N–H and O–H groups in total. The minimum Gasteiger partial charge on any atom is -0.493 e. The van der Waals surface area contributed by atoms with Crippen molar-refractivity contribution in [1.29, 1.82) is 0 Å². The zero-order valence-electron chi connectivity index (χ0n) is 22.3. The van der Waals surface area contributed by atoms with E-state index in [1.807, 2.05) is 6.07 Å². The first kappa shape index (κ1) is 31.0. The lowest BCUT2D eigenvalue weighted by Gasteiger charge is -2.10. The van der Waals surface area contributed by atoms with Crippen LogP contribution in [-0.4, -0.2) is 37.7 Å². The Labute approximate surface area is 233 Å². The van der Waals surface area contributed by atoms with Crippen molar-refractivity contribution in [3.05, 3.63) is 58.1 Å². The molecule has 2 rings (SSSR count). The van der Waals surface area contributed by atoms with Gasteiger partial charge in [-0.15, -0.1) is 0 Å². The highest BCUT2D eigenvalue weighted by Gasteiger charge is 2.13. The molecule has 8 nitrogen and oxygen atoms in total. The molecule has 0 spiro atoms. The number of carbonyl (C=O) groups is 3. The largest absolute Gasteiger partial charge is 0.493 e. The van der Waals surface area contributed by atoms with E-state index in [4.69, 9.17) is 9.47 Å². The van der Waals surface area contributed by atoms with E-state index in [9.17, 15) is 14.4 Å². The summed E-state index contributed by atoms with van der Waals surface area (Å²) in [5.41, 5.74) is 3.41. The molecule has 0 saturated heterocycles. The molecule has 0 saturated carbocycles. The maximum absolute atomic E-state index is 12.4. The summed E-state index contributed by atoms with van der Waals surface area (Å²) >= 11 is 3.33. The van der Waals surface area contributed by atoms with Crippen molar-refractivity contribution in [2.75, 3.05) is 13.7 Å². The number of methoxy groups -OCH3 is 1. The monoisotopic (exact) mass is 587 g/mol. The SMILES string of the molecule is CCCCCCCCCCCC(=O)NCC(=O)N/N=C/c1ccc(OC(=O)c2cccc(Br)c2)c(OC)c1. The number of amides is 2. The number of hydrogen-bond donors (Lipinski definition) is 2. The third-order valence-corrected chi connectivity index (χ3v) is 6.30. The molecule has 0 fully saturated rings. The molecule has 0 aromatic heterocycles. The lowest BCUT2D eigenvalue weighted by molar-refractivity contribution is -0.126. The van der Waals surface area contributed by atoms with Gasteiger partial charge >= 0.3 is 5.97 Å². The molecule has 0 aliphatic carbocycles. The van der Waals surface area contributed by atoms with Crippen LogP contribution in [-0.2, 0) is 9.59 Å². The summed E-state index contributed by atoms with van der Waals surface area (Å²) in [5, 5.41) is 6.54. The van der Waals surface area contributed by atoms with Gasteiger partial charge in [-0.2, -0.15) is 5.10 Å². The number of nitrogens with zero attached hydrogens (tertiary/aromatic N) is 1. The zero-order valence-corrected chi connectivity index (χ0v) is 23.8. The summed E-state index contributed by atoms with van der Waals surface area (Å²) in [4.78, 5) is 36.4. The average molecular weight is 589 g/mol. The molecular formula is C29H38BrN3O5. The number of benzene rings is 2. The van der Waals surface area contributed by atoms with Gasteiger partial charge in [-0.25, -0.2) is 10.2 Å². The van der Waals surface area contributed by atoms with E-state index >= 15 is 0 Å². The highest BCUT2D eigenvalue weighted by Crippen LogP contribution is 2.28. The smallest absolute Gasteiger partial charge is 0.343 e. The van der Waals surface area contributed by atoms with Crippen molar-refractivity contribution in [1.82, 2.24) is 10.7 Å². The summed E-state index contributed by atoms with van der Waals surface area (Å²) in [6, 6.07) is 11.8. The summed E-state index contributed by atoms with van der Waals surface area (Å²) in [6.07, 6.45) is 12.5. The van der Waals surface area contributed by atoms with Gasteiger partial charge in [0.05, 0.1) is 25.4 Å². The second-order valence-electron chi connectivity index (χ2n) is 8.96. The van der Waals surface area contributed by atoms with Crippen LogP contribution in [0.1, 0.15) is 87.1 Å². The Morgan fingerprint density at radius 3 is 2.29 bits per heavy atom. The van der Waals surface area contributed by atoms with Crippen LogP contribution < -0.4 is 20.2 Å². The number of hydrazone groups is 1. The van der Waals surface area contributed by atoms with Gasteiger partial charge in [0.1, 0.15) is 0 Å². The molecule has 0 atom stereocenters. The summed E-state index contributed by atoms with van der Waals surface area (Å²) < 4.78 is 11.6. The van der Waals surface area contributed by atoms with Gasteiger partial charge < -0.3 is 14.8 Å². The van der Waals surface area contributed by atoms with Crippen molar-refractivity contribution in [2.24, 2.45) is 5.10 Å². The number of nitrogens with one attached hydrogen (secondary N) is 2. The van der Waals surface area contributed by atoms with Crippen LogP contribution in [0.25, 0.3) is 0 Å². The van der Waals surface area contributed by atoms with Gasteiger partial charge in [0.2, 0.25) is 5.91 Å². The lowest BCUT2D eigenvalue weighted by Crippen LogP contribution is -2.34. The predicted octanol–water partition coefficient (Wildman–Crippen LogP) is 6.16. The van der Waals surface area contributed by atoms with Crippen molar-refractivity contribution in [3.63, 3.8) is 0 Å².